The number of nitrogens with zero attached hydrogens (tertiary/aromatic N) is 1. The molecule has 4 heteroatoms. The first kappa shape index (κ1) is 15.0. The van der Waals surface area contributed by atoms with Crippen LogP contribution in [0.2, 0.25) is 0 Å². The number of ether oxygens (including phenoxy) is 1. The van der Waals surface area contributed by atoms with Crippen molar-refractivity contribution in [3.63, 3.8) is 0 Å². The summed E-state index contributed by atoms with van der Waals surface area (Å²) in [6.07, 6.45) is 0.269. The molecule has 0 amide bonds. The molecule has 1 heterocycles. The van der Waals surface area contributed by atoms with Crippen molar-refractivity contribution in [2.75, 3.05) is 0 Å². The van der Waals surface area contributed by atoms with Crippen LogP contribution in [-0.2, 0) is 4.74 Å². The van der Waals surface area contributed by atoms with E-state index in [0.29, 0.717) is 12.0 Å². The third-order valence-electron chi connectivity index (χ3n) is 4.13. The summed E-state index contributed by atoms with van der Waals surface area (Å²) in [4.78, 5) is 12.2. The largest absolute Gasteiger partial charge is 0.457 e. The summed E-state index contributed by atoms with van der Waals surface area (Å²) in [5.41, 5.74) is 0.650. The molecular formula is C16H23NO3. The second-order valence-electron chi connectivity index (χ2n) is 6.74. The van der Waals surface area contributed by atoms with E-state index in [1.165, 1.54) is 5.06 Å². The molecule has 1 aliphatic rings. The fourth-order valence-corrected chi connectivity index (χ4v) is 2.78. The smallest absolute Gasteiger partial charge is 0.338 e. The molecule has 1 N–H and O–H groups in total. The summed E-state index contributed by atoms with van der Waals surface area (Å²) in [5, 5.41) is 11.5. The van der Waals surface area contributed by atoms with E-state index >= 15 is 0 Å². The SMILES string of the molecule is Cc1ccc(C(=O)OC2CC(C)(C)N(O)C2(C)C)cc1. The first-order valence-corrected chi connectivity index (χ1v) is 6.91. The van der Waals surface area contributed by atoms with Gasteiger partial charge in [-0.05, 0) is 46.8 Å². The number of hydroxylamine groups is 2. The highest BCUT2D eigenvalue weighted by Gasteiger charge is 2.53. The summed E-state index contributed by atoms with van der Waals surface area (Å²) in [7, 11) is 0. The Morgan fingerprint density at radius 2 is 1.80 bits per heavy atom. The van der Waals surface area contributed by atoms with E-state index in [9.17, 15) is 10.0 Å². The molecule has 0 radical (unpaired) electrons. The molecule has 1 unspecified atom stereocenters. The second kappa shape index (κ2) is 4.86. The van der Waals surface area contributed by atoms with Crippen molar-refractivity contribution < 1.29 is 14.7 Å². The molecule has 4 nitrogen and oxygen atoms in total. The highest BCUT2D eigenvalue weighted by Crippen LogP contribution is 2.40. The first-order valence-electron chi connectivity index (χ1n) is 6.91. The molecule has 1 aromatic carbocycles. The second-order valence-corrected chi connectivity index (χ2v) is 6.74. The molecular weight excluding hydrogens is 254 g/mol. The van der Waals surface area contributed by atoms with Crippen molar-refractivity contribution in [1.82, 2.24) is 5.06 Å². The van der Waals surface area contributed by atoms with E-state index in [-0.39, 0.29) is 12.1 Å². The minimum Gasteiger partial charge on any atom is -0.457 e. The van der Waals surface area contributed by atoms with E-state index in [1.54, 1.807) is 12.1 Å². The van der Waals surface area contributed by atoms with Gasteiger partial charge in [0.2, 0.25) is 0 Å². The fourth-order valence-electron chi connectivity index (χ4n) is 2.78. The average Bonchev–Trinajstić information content (AvgIpc) is 2.51. The van der Waals surface area contributed by atoms with Gasteiger partial charge in [-0.2, -0.15) is 5.06 Å². The normalized spacial score (nSPS) is 24.6. The summed E-state index contributed by atoms with van der Waals surface area (Å²) >= 11 is 0. The Morgan fingerprint density at radius 3 is 2.25 bits per heavy atom. The number of rotatable bonds is 2. The van der Waals surface area contributed by atoms with E-state index in [2.05, 4.69) is 0 Å². The summed E-state index contributed by atoms with van der Waals surface area (Å²) in [5.74, 6) is -0.339. The van der Waals surface area contributed by atoms with Crippen molar-refractivity contribution >= 4 is 5.97 Å². The number of esters is 1. The highest BCUT2D eigenvalue weighted by atomic mass is 16.6. The zero-order valence-electron chi connectivity index (χ0n) is 12.8. The van der Waals surface area contributed by atoms with Crippen LogP contribution in [0.1, 0.15) is 50.0 Å². The Labute approximate surface area is 120 Å². The van der Waals surface area contributed by atoms with Crippen LogP contribution in [-0.4, -0.2) is 33.4 Å². The van der Waals surface area contributed by atoms with Crippen molar-refractivity contribution in [3.05, 3.63) is 35.4 Å². The molecule has 1 aliphatic heterocycles. The van der Waals surface area contributed by atoms with Gasteiger partial charge in [-0.15, -0.1) is 0 Å². The number of benzene rings is 1. The van der Waals surface area contributed by atoms with E-state index in [4.69, 9.17) is 4.74 Å². The van der Waals surface area contributed by atoms with Crippen LogP contribution in [0, 0.1) is 6.92 Å². The maximum absolute atomic E-state index is 12.2. The van der Waals surface area contributed by atoms with Crippen molar-refractivity contribution in [3.8, 4) is 0 Å². The average molecular weight is 277 g/mol. The lowest BCUT2D eigenvalue weighted by molar-refractivity contribution is -0.201. The van der Waals surface area contributed by atoms with E-state index in [1.807, 2.05) is 46.8 Å². The van der Waals surface area contributed by atoms with E-state index < -0.39 is 11.1 Å². The van der Waals surface area contributed by atoms with Gasteiger partial charge in [0.05, 0.1) is 11.1 Å². The summed E-state index contributed by atoms with van der Waals surface area (Å²) in [6.45, 7) is 9.62. The fraction of sp³-hybridized carbons (Fsp3) is 0.562. The number of hydrogen-bond donors (Lipinski definition) is 1. The van der Waals surface area contributed by atoms with Gasteiger partial charge in [0.25, 0.3) is 0 Å². The maximum Gasteiger partial charge on any atom is 0.338 e. The van der Waals surface area contributed by atoms with Gasteiger partial charge in [-0.1, -0.05) is 17.7 Å². The zero-order valence-corrected chi connectivity index (χ0v) is 12.8. The Hall–Kier alpha value is -1.39. The standard InChI is InChI=1S/C16H23NO3/c1-11-6-8-12(9-7-11)14(18)20-13-10-15(2,3)17(19)16(13,4)5/h6-9,13,19H,10H2,1-5H3. The minimum atomic E-state index is -0.593. The molecule has 110 valence electrons. The van der Waals surface area contributed by atoms with Crippen LogP contribution in [0.25, 0.3) is 0 Å². The monoisotopic (exact) mass is 277 g/mol. The molecule has 1 fully saturated rings. The predicted octanol–water partition coefficient (Wildman–Crippen LogP) is 3.17. The minimum absolute atomic E-state index is 0.337. The molecule has 0 aromatic heterocycles. The molecule has 0 saturated carbocycles. The van der Waals surface area contributed by atoms with Gasteiger partial charge in [-0.3, -0.25) is 0 Å². The number of hydrogen-bond acceptors (Lipinski definition) is 4. The van der Waals surface area contributed by atoms with Crippen LogP contribution in [0.3, 0.4) is 0 Å². The zero-order chi connectivity index (χ0) is 15.1. The lowest BCUT2D eigenvalue weighted by Crippen LogP contribution is -2.49. The highest BCUT2D eigenvalue weighted by molar-refractivity contribution is 5.89. The van der Waals surface area contributed by atoms with Crippen LogP contribution in [0.4, 0.5) is 0 Å². The lowest BCUT2D eigenvalue weighted by atomic mass is 9.97. The molecule has 0 aliphatic carbocycles. The number of carbonyl (C=O) groups is 1. The Balaban J connectivity index is 2.14. The third kappa shape index (κ3) is 2.58. The van der Waals surface area contributed by atoms with Gasteiger partial charge >= 0.3 is 5.97 Å². The van der Waals surface area contributed by atoms with Gasteiger partial charge in [-0.25, -0.2) is 4.79 Å². The van der Waals surface area contributed by atoms with Crippen LogP contribution in [0.15, 0.2) is 24.3 Å². The quantitative estimate of drug-likeness (QED) is 0.844. The number of aryl methyl sites for hydroxylation is 1. The van der Waals surface area contributed by atoms with E-state index in [0.717, 1.165) is 5.56 Å². The van der Waals surface area contributed by atoms with Crippen LogP contribution >= 0.6 is 0 Å². The lowest BCUT2D eigenvalue weighted by Gasteiger charge is -2.35. The molecule has 1 atom stereocenters. The Kier molecular flexibility index (Phi) is 3.65. The van der Waals surface area contributed by atoms with Gasteiger partial charge < -0.3 is 9.94 Å². The van der Waals surface area contributed by atoms with Crippen molar-refractivity contribution in [1.29, 1.82) is 0 Å². The Morgan fingerprint density at radius 1 is 1.25 bits per heavy atom. The predicted molar refractivity (Wildman–Crippen MR) is 76.8 cm³/mol. The molecule has 2 rings (SSSR count). The maximum atomic E-state index is 12.2. The van der Waals surface area contributed by atoms with Gasteiger partial charge in [0.15, 0.2) is 0 Å². The molecule has 1 saturated heterocycles. The third-order valence-corrected chi connectivity index (χ3v) is 4.13. The Bertz CT molecular complexity index is 505. The number of carbonyl (C=O) groups excluding carboxylic acids is 1. The van der Waals surface area contributed by atoms with Gasteiger partial charge in [0.1, 0.15) is 6.10 Å². The molecule has 0 spiro atoms. The van der Waals surface area contributed by atoms with Gasteiger partial charge in [0, 0.05) is 12.0 Å². The van der Waals surface area contributed by atoms with Crippen LogP contribution in [0.5, 0.6) is 0 Å². The van der Waals surface area contributed by atoms with Crippen molar-refractivity contribution in [2.45, 2.75) is 58.2 Å². The summed E-state index contributed by atoms with van der Waals surface area (Å²) in [6, 6.07) is 7.31. The molecule has 0 bridgehead atoms. The van der Waals surface area contributed by atoms with Crippen LogP contribution < -0.4 is 0 Å². The molecule has 1 aromatic rings. The molecule has 20 heavy (non-hydrogen) atoms. The topological polar surface area (TPSA) is 49.8 Å². The van der Waals surface area contributed by atoms with Crippen molar-refractivity contribution in [2.24, 2.45) is 0 Å². The summed E-state index contributed by atoms with van der Waals surface area (Å²) < 4.78 is 5.62. The first-order chi connectivity index (χ1) is 9.14.